The van der Waals surface area contributed by atoms with Crippen LogP contribution in [0.15, 0.2) is 30.5 Å². The third kappa shape index (κ3) is 2.03. The molecule has 2 rings (SSSR count). The zero-order valence-corrected chi connectivity index (χ0v) is 8.34. The number of aliphatic carboxylic acids is 1. The van der Waals surface area contributed by atoms with E-state index >= 15 is 0 Å². The van der Waals surface area contributed by atoms with Gasteiger partial charge in [0.25, 0.3) is 0 Å². The number of benzene rings is 1. The van der Waals surface area contributed by atoms with Crippen molar-refractivity contribution in [1.82, 2.24) is 10.2 Å². The maximum absolute atomic E-state index is 10.6. The van der Waals surface area contributed by atoms with E-state index in [4.69, 9.17) is 5.11 Å². The Bertz CT molecular complexity index is 519. The number of carboxylic acids is 1. The van der Waals surface area contributed by atoms with E-state index in [9.17, 15) is 9.90 Å². The van der Waals surface area contributed by atoms with Crippen LogP contribution in [0.25, 0.3) is 11.3 Å². The number of hydrogen-bond acceptors (Lipinski definition) is 3. The van der Waals surface area contributed by atoms with Crippen LogP contribution in [0.5, 0.6) is 5.75 Å². The molecular formula is C11H10N2O3. The highest BCUT2D eigenvalue weighted by molar-refractivity contribution is 5.75. The van der Waals surface area contributed by atoms with Crippen LogP contribution >= 0.6 is 0 Å². The Hall–Kier alpha value is -2.30. The van der Waals surface area contributed by atoms with Crippen LogP contribution in [0.3, 0.4) is 0 Å². The van der Waals surface area contributed by atoms with E-state index in [1.807, 2.05) is 0 Å². The van der Waals surface area contributed by atoms with E-state index in [-0.39, 0.29) is 12.2 Å². The number of hydrogen-bond donors (Lipinski definition) is 3. The molecule has 5 nitrogen and oxygen atoms in total. The van der Waals surface area contributed by atoms with Crippen molar-refractivity contribution >= 4 is 5.97 Å². The van der Waals surface area contributed by atoms with Crippen LogP contribution in [0.4, 0.5) is 0 Å². The van der Waals surface area contributed by atoms with Gasteiger partial charge < -0.3 is 10.2 Å². The van der Waals surface area contributed by atoms with Crippen LogP contribution in [0, 0.1) is 0 Å². The Morgan fingerprint density at radius 1 is 1.44 bits per heavy atom. The van der Waals surface area contributed by atoms with E-state index in [1.54, 1.807) is 24.3 Å². The van der Waals surface area contributed by atoms with E-state index < -0.39 is 5.97 Å². The molecule has 3 N–H and O–H groups in total. The fraction of sp³-hybridized carbons (Fsp3) is 0.0909. The number of carbonyl (C=O) groups is 1. The Morgan fingerprint density at radius 2 is 2.25 bits per heavy atom. The standard InChI is InChI=1S/C11H10N2O3/c14-9-3-1-2-7(4-9)11-8(5-10(15)16)6-12-13-11/h1-4,6,14H,5H2,(H,12,13)(H,15,16). The van der Waals surface area contributed by atoms with Crippen molar-refractivity contribution in [2.24, 2.45) is 0 Å². The molecule has 5 heteroatoms. The van der Waals surface area contributed by atoms with Gasteiger partial charge in [-0.25, -0.2) is 0 Å². The Labute approximate surface area is 91.4 Å². The predicted octanol–water partition coefficient (Wildman–Crippen LogP) is 1.41. The van der Waals surface area contributed by atoms with Gasteiger partial charge >= 0.3 is 5.97 Å². The number of carboxylic acid groups (broad SMARTS) is 1. The third-order valence-corrected chi connectivity index (χ3v) is 2.19. The largest absolute Gasteiger partial charge is 0.508 e. The molecule has 16 heavy (non-hydrogen) atoms. The van der Waals surface area contributed by atoms with Gasteiger partial charge in [0.15, 0.2) is 0 Å². The van der Waals surface area contributed by atoms with Crippen molar-refractivity contribution in [3.05, 3.63) is 36.0 Å². The molecule has 0 bridgehead atoms. The molecule has 2 aromatic rings. The fourth-order valence-corrected chi connectivity index (χ4v) is 1.52. The summed E-state index contributed by atoms with van der Waals surface area (Å²) >= 11 is 0. The monoisotopic (exact) mass is 218 g/mol. The Morgan fingerprint density at radius 3 is 2.94 bits per heavy atom. The lowest BCUT2D eigenvalue weighted by Gasteiger charge is -2.01. The van der Waals surface area contributed by atoms with E-state index in [0.29, 0.717) is 16.8 Å². The van der Waals surface area contributed by atoms with Gasteiger partial charge in [-0.3, -0.25) is 9.89 Å². The minimum absolute atomic E-state index is 0.0957. The number of aromatic nitrogens is 2. The SMILES string of the molecule is O=C(O)Cc1cn[nH]c1-c1cccc(O)c1. The second kappa shape index (κ2) is 4.06. The van der Waals surface area contributed by atoms with Gasteiger partial charge in [-0.05, 0) is 12.1 Å². The lowest BCUT2D eigenvalue weighted by Crippen LogP contribution is -2.00. The molecule has 0 saturated heterocycles. The van der Waals surface area contributed by atoms with E-state index in [2.05, 4.69) is 10.2 Å². The van der Waals surface area contributed by atoms with Crippen molar-refractivity contribution in [2.75, 3.05) is 0 Å². The van der Waals surface area contributed by atoms with Crippen molar-refractivity contribution in [3.63, 3.8) is 0 Å². The predicted molar refractivity (Wildman–Crippen MR) is 57.0 cm³/mol. The first-order chi connectivity index (χ1) is 7.66. The molecule has 0 atom stereocenters. The third-order valence-electron chi connectivity index (χ3n) is 2.19. The minimum atomic E-state index is -0.914. The van der Waals surface area contributed by atoms with Crippen LogP contribution in [-0.4, -0.2) is 26.4 Å². The molecular weight excluding hydrogens is 208 g/mol. The topological polar surface area (TPSA) is 86.2 Å². The van der Waals surface area contributed by atoms with Gasteiger partial charge in [0.2, 0.25) is 0 Å². The van der Waals surface area contributed by atoms with Gasteiger partial charge in [-0.2, -0.15) is 5.10 Å². The lowest BCUT2D eigenvalue weighted by atomic mass is 10.1. The van der Waals surface area contributed by atoms with Crippen LogP contribution in [-0.2, 0) is 11.2 Å². The van der Waals surface area contributed by atoms with E-state index in [1.165, 1.54) is 6.20 Å². The highest BCUT2D eigenvalue weighted by Crippen LogP contribution is 2.24. The molecule has 0 saturated carbocycles. The maximum Gasteiger partial charge on any atom is 0.307 e. The molecule has 0 amide bonds. The van der Waals surface area contributed by atoms with Crippen LogP contribution in [0.2, 0.25) is 0 Å². The number of aromatic hydroxyl groups is 1. The van der Waals surface area contributed by atoms with Crippen LogP contribution < -0.4 is 0 Å². The molecule has 82 valence electrons. The first-order valence-corrected chi connectivity index (χ1v) is 4.70. The van der Waals surface area contributed by atoms with E-state index in [0.717, 1.165) is 0 Å². The number of rotatable bonds is 3. The molecule has 0 fully saturated rings. The highest BCUT2D eigenvalue weighted by atomic mass is 16.4. The normalized spacial score (nSPS) is 10.2. The van der Waals surface area contributed by atoms with Crippen LogP contribution in [0.1, 0.15) is 5.56 Å². The first kappa shape index (κ1) is 10.2. The molecule has 1 aromatic carbocycles. The van der Waals surface area contributed by atoms with Crippen molar-refractivity contribution in [3.8, 4) is 17.0 Å². The number of aromatic amines is 1. The van der Waals surface area contributed by atoms with Gasteiger partial charge in [-0.1, -0.05) is 12.1 Å². The average molecular weight is 218 g/mol. The number of phenolic OH excluding ortho intramolecular Hbond substituents is 1. The van der Waals surface area contributed by atoms with Crippen molar-refractivity contribution in [2.45, 2.75) is 6.42 Å². The average Bonchev–Trinajstić information content (AvgIpc) is 2.65. The summed E-state index contributed by atoms with van der Waals surface area (Å²) in [6, 6.07) is 6.57. The number of nitrogens with zero attached hydrogens (tertiary/aromatic N) is 1. The smallest absolute Gasteiger partial charge is 0.307 e. The molecule has 0 aliphatic carbocycles. The molecule has 1 aromatic heterocycles. The lowest BCUT2D eigenvalue weighted by molar-refractivity contribution is -0.136. The minimum Gasteiger partial charge on any atom is -0.508 e. The molecule has 0 unspecified atom stereocenters. The number of phenols is 1. The summed E-state index contributed by atoms with van der Waals surface area (Å²) in [6.07, 6.45) is 1.38. The summed E-state index contributed by atoms with van der Waals surface area (Å²) in [7, 11) is 0. The molecule has 0 radical (unpaired) electrons. The Balaban J connectivity index is 2.40. The second-order valence-electron chi connectivity index (χ2n) is 3.39. The Kier molecular flexibility index (Phi) is 2.59. The highest BCUT2D eigenvalue weighted by Gasteiger charge is 2.10. The summed E-state index contributed by atoms with van der Waals surface area (Å²) in [6.45, 7) is 0. The first-order valence-electron chi connectivity index (χ1n) is 4.70. The summed E-state index contributed by atoms with van der Waals surface area (Å²) in [4.78, 5) is 10.6. The molecule has 1 heterocycles. The van der Waals surface area contributed by atoms with Gasteiger partial charge in [-0.15, -0.1) is 0 Å². The maximum atomic E-state index is 10.6. The fourth-order valence-electron chi connectivity index (χ4n) is 1.52. The number of nitrogens with one attached hydrogen (secondary N) is 1. The van der Waals surface area contributed by atoms with Gasteiger partial charge in [0.1, 0.15) is 5.75 Å². The molecule has 0 aliphatic rings. The van der Waals surface area contributed by atoms with Gasteiger partial charge in [0.05, 0.1) is 18.3 Å². The zero-order valence-electron chi connectivity index (χ0n) is 8.34. The summed E-state index contributed by atoms with van der Waals surface area (Å²) in [5.74, 6) is -0.781. The summed E-state index contributed by atoms with van der Waals surface area (Å²) < 4.78 is 0. The second-order valence-corrected chi connectivity index (χ2v) is 3.39. The zero-order chi connectivity index (χ0) is 11.5. The molecule has 0 spiro atoms. The number of H-pyrrole nitrogens is 1. The van der Waals surface area contributed by atoms with Crippen molar-refractivity contribution < 1.29 is 15.0 Å². The summed E-state index contributed by atoms with van der Waals surface area (Å²) in [5, 5.41) is 24.6. The van der Waals surface area contributed by atoms with Crippen molar-refractivity contribution in [1.29, 1.82) is 0 Å². The van der Waals surface area contributed by atoms with Gasteiger partial charge in [0, 0.05) is 11.1 Å². The molecule has 0 aliphatic heterocycles. The quantitative estimate of drug-likeness (QED) is 0.727. The summed E-state index contributed by atoms with van der Waals surface area (Å²) in [5.41, 5.74) is 1.94.